The molecule has 8 nitrogen and oxygen atoms in total. The van der Waals surface area contributed by atoms with E-state index in [0.29, 0.717) is 31.5 Å². The second-order valence-electron chi connectivity index (χ2n) is 7.42. The van der Waals surface area contributed by atoms with Gasteiger partial charge in [-0.3, -0.25) is 14.3 Å². The maximum atomic E-state index is 12.6. The van der Waals surface area contributed by atoms with Gasteiger partial charge >= 0.3 is 5.97 Å². The lowest BCUT2D eigenvalue weighted by Crippen LogP contribution is -2.30. The molecule has 1 amide bonds. The molecule has 8 heteroatoms. The lowest BCUT2D eigenvalue weighted by atomic mass is 9.81. The van der Waals surface area contributed by atoms with Gasteiger partial charge in [-0.05, 0) is 37.8 Å². The highest BCUT2D eigenvalue weighted by atomic mass is 16.5. The van der Waals surface area contributed by atoms with Crippen molar-refractivity contribution in [1.29, 1.82) is 0 Å². The monoisotopic (exact) mass is 393 g/mol. The van der Waals surface area contributed by atoms with Crippen molar-refractivity contribution in [2.24, 2.45) is 18.9 Å². The van der Waals surface area contributed by atoms with Crippen molar-refractivity contribution in [2.75, 3.05) is 12.4 Å². The van der Waals surface area contributed by atoms with E-state index in [-0.39, 0.29) is 23.7 Å². The van der Waals surface area contributed by atoms with Crippen LogP contribution in [0.5, 0.6) is 0 Å². The van der Waals surface area contributed by atoms with Crippen LogP contribution < -0.4 is 5.32 Å². The first-order valence-electron chi connectivity index (χ1n) is 9.68. The summed E-state index contributed by atoms with van der Waals surface area (Å²) in [6.45, 7) is 0. The van der Waals surface area contributed by atoms with Gasteiger partial charge < -0.3 is 10.1 Å². The predicted octanol–water partition coefficient (Wildman–Crippen LogP) is 2.95. The summed E-state index contributed by atoms with van der Waals surface area (Å²) >= 11 is 0. The number of carbonyl (C=O) groups excluding carboxylic acids is 2. The van der Waals surface area contributed by atoms with Crippen molar-refractivity contribution in [1.82, 2.24) is 19.7 Å². The molecule has 0 radical (unpaired) electrons. The third-order valence-electron chi connectivity index (χ3n) is 5.46. The predicted molar refractivity (Wildman–Crippen MR) is 108 cm³/mol. The second-order valence-corrected chi connectivity index (χ2v) is 7.42. The van der Waals surface area contributed by atoms with Gasteiger partial charge in [-0.2, -0.15) is 5.10 Å². The van der Waals surface area contributed by atoms with Crippen LogP contribution in [-0.4, -0.2) is 38.7 Å². The molecule has 3 aromatic heterocycles. The number of anilines is 1. The highest BCUT2D eigenvalue weighted by molar-refractivity contribution is 5.94. The largest absolute Gasteiger partial charge is 0.469 e. The van der Waals surface area contributed by atoms with E-state index in [9.17, 15) is 9.59 Å². The Labute approximate surface area is 168 Å². The minimum atomic E-state index is -0.185. The Morgan fingerprint density at radius 1 is 1.14 bits per heavy atom. The Morgan fingerprint density at radius 3 is 2.59 bits per heavy atom. The van der Waals surface area contributed by atoms with Crippen molar-refractivity contribution < 1.29 is 14.3 Å². The number of rotatable bonds is 4. The van der Waals surface area contributed by atoms with Gasteiger partial charge in [-0.1, -0.05) is 0 Å². The van der Waals surface area contributed by atoms with E-state index in [4.69, 9.17) is 4.74 Å². The van der Waals surface area contributed by atoms with Crippen LogP contribution in [0.25, 0.3) is 22.2 Å². The number of carbonyl (C=O) groups is 2. The van der Waals surface area contributed by atoms with E-state index in [0.717, 1.165) is 22.2 Å². The zero-order valence-corrected chi connectivity index (χ0v) is 16.5. The van der Waals surface area contributed by atoms with Crippen LogP contribution in [0.15, 0.2) is 36.8 Å². The first kappa shape index (κ1) is 19.0. The molecular weight excluding hydrogens is 370 g/mol. The SMILES string of the molecule is COC(=O)[C@H]1CC[C@H](C(=O)Nc2cc3nc(-c4cnn(C)c4)ccc3cn2)CC1. The number of pyridine rings is 2. The molecule has 1 fully saturated rings. The molecule has 0 atom stereocenters. The minimum absolute atomic E-state index is 0.0661. The van der Waals surface area contributed by atoms with Crippen LogP contribution in [0, 0.1) is 11.8 Å². The molecule has 0 aliphatic heterocycles. The number of nitrogens with one attached hydrogen (secondary N) is 1. The standard InChI is InChI=1S/C21H23N5O3/c1-26-12-16(11-23-26)17-8-7-15-10-22-19(9-18(15)24-17)25-20(27)13-3-5-14(6-4-13)21(28)29-2/h7-14H,3-6H2,1-2H3,(H,22,25,27)/t13-,14-. The number of methoxy groups -OCH3 is 1. The summed E-state index contributed by atoms with van der Waals surface area (Å²) in [5.41, 5.74) is 2.50. The molecule has 4 rings (SSSR count). The summed E-state index contributed by atoms with van der Waals surface area (Å²) in [4.78, 5) is 33.3. The lowest BCUT2D eigenvalue weighted by Gasteiger charge is -2.25. The molecule has 0 unspecified atom stereocenters. The molecule has 1 aliphatic carbocycles. The van der Waals surface area contributed by atoms with E-state index in [1.165, 1.54) is 7.11 Å². The average Bonchev–Trinajstić information content (AvgIpc) is 3.19. The van der Waals surface area contributed by atoms with Gasteiger partial charge in [0, 0.05) is 42.4 Å². The fourth-order valence-electron chi connectivity index (χ4n) is 3.79. The molecule has 3 heterocycles. The lowest BCUT2D eigenvalue weighted by molar-refractivity contribution is -0.147. The van der Waals surface area contributed by atoms with Crippen LogP contribution >= 0.6 is 0 Å². The molecule has 3 aromatic rings. The van der Waals surface area contributed by atoms with E-state index in [2.05, 4.69) is 20.4 Å². The van der Waals surface area contributed by atoms with Crippen molar-refractivity contribution >= 4 is 28.6 Å². The number of esters is 1. The zero-order valence-electron chi connectivity index (χ0n) is 16.5. The molecule has 0 bridgehead atoms. The molecule has 0 aromatic carbocycles. The Bertz CT molecular complexity index is 1050. The third kappa shape index (κ3) is 4.11. The minimum Gasteiger partial charge on any atom is -0.469 e. The van der Waals surface area contributed by atoms with E-state index >= 15 is 0 Å². The van der Waals surface area contributed by atoms with Gasteiger partial charge in [-0.15, -0.1) is 0 Å². The Balaban J connectivity index is 1.46. The molecule has 150 valence electrons. The number of hydrogen-bond donors (Lipinski definition) is 1. The van der Waals surface area contributed by atoms with E-state index in [1.807, 2.05) is 25.4 Å². The summed E-state index contributed by atoms with van der Waals surface area (Å²) in [5, 5.41) is 7.98. The fourth-order valence-corrected chi connectivity index (χ4v) is 3.79. The smallest absolute Gasteiger partial charge is 0.308 e. The third-order valence-corrected chi connectivity index (χ3v) is 5.46. The van der Waals surface area contributed by atoms with Gasteiger partial charge in [0.05, 0.1) is 30.4 Å². The van der Waals surface area contributed by atoms with E-state index in [1.54, 1.807) is 23.1 Å². The summed E-state index contributed by atoms with van der Waals surface area (Å²) in [6.07, 6.45) is 8.06. The number of fused-ring (bicyclic) bond motifs is 1. The van der Waals surface area contributed by atoms with Crippen LogP contribution in [0.1, 0.15) is 25.7 Å². The van der Waals surface area contributed by atoms with Crippen molar-refractivity contribution in [3.8, 4) is 11.3 Å². The van der Waals surface area contributed by atoms with Gasteiger partial charge in [0.25, 0.3) is 0 Å². The van der Waals surface area contributed by atoms with Crippen LogP contribution in [0.3, 0.4) is 0 Å². The fraction of sp³-hybridized carbons (Fsp3) is 0.381. The Kier molecular flexibility index (Phi) is 5.24. The average molecular weight is 393 g/mol. The highest BCUT2D eigenvalue weighted by Crippen LogP contribution is 2.30. The summed E-state index contributed by atoms with van der Waals surface area (Å²) in [7, 11) is 3.26. The molecular formula is C21H23N5O3. The van der Waals surface area contributed by atoms with Crippen molar-refractivity contribution in [3.05, 3.63) is 36.8 Å². The second kappa shape index (κ2) is 7.98. The number of aromatic nitrogens is 4. The highest BCUT2D eigenvalue weighted by Gasteiger charge is 2.30. The van der Waals surface area contributed by atoms with Gasteiger partial charge in [-0.25, -0.2) is 9.97 Å². The molecule has 0 spiro atoms. The summed E-state index contributed by atoms with van der Waals surface area (Å²) in [6, 6.07) is 5.67. The summed E-state index contributed by atoms with van der Waals surface area (Å²) < 4.78 is 6.53. The molecule has 1 aliphatic rings. The van der Waals surface area contributed by atoms with Crippen molar-refractivity contribution in [2.45, 2.75) is 25.7 Å². The molecule has 1 N–H and O–H groups in total. The normalized spacial score (nSPS) is 19.1. The molecule has 1 saturated carbocycles. The molecule has 0 saturated heterocycles. The topological polar surface area (TPSA) is 99.0 Å². The Hall–Kier alpha value is -3.29. The van der Waals surface area contributed by atoms with Crippen molar-refractivity contribution in [3.63, 3.8) is 0 Å². The zero-order chi connectivity index (χ0) is 20.4. The maximum absolute atomic E-state index is 12.6. The first-order valence-corrected chi connectivity index (χ1v) is 9.68. The van der Waals surface area contributed by atoms with Gasteiger partial charge in [0.2, 0.25) is 5.91 Å². The van der Waals surface area contributed by atoms with Crippen LogP contribution in [0.2, 0.25) is 0 Å². The molecule has 29 heavy (non-hydrogen) atoms. The maximum Gasteiger partial charge on any atom is 0.308 e. The quantitative estimate of drug-likeness (QED) is 0.684. The van der Waals surface area contributed by atoms with Crippen LogP contribution in [0.4, 0.5) is 5.82 Å². The number of amides is 1. The number of hydrogen-bond acceptors (Lipinski definition) is 6. The summed E-state index contributed by atoms with van der Waals surface area (Å²) in [5.74, 6) is 0.00795. The Morgan fingerprint density at radius 2 is 1.90 bits per heavy atom. The number of aryl methyl sites for hydroxylation is 1. The number of ether oxygens (including phenoxy) is 1. The first-order chi connectivity index (χ1) is 14.0. The van der Waals surface area contributed by atoms with Gasteiger partial charge in [0.15, 0.2) is 0 Å². The van der Waals surface area contributed by atoms with Gasteiger partial charge in [0.1, 0.15) is 5.82 Å². The van der Waals surface area contributed by atoms with E-state index < -0.39 is 0 Å². The van der Waals surface area contributed by atoms with Crippen LogP contribution in [-0.2, 0) is 21.4 Å². The number of nitrogens with zero attached hydrogens (tertiary/aromatic N) is 4.